The maximum absolute atomic E-state index is 8.99. The molecule has 0 fully saturated rings. The van der Waals surface area contributed by atoms with Gasteiger partial charge in [0.1, 0.15) is 5.75 Å². The Bertz CT molecular complexity index is 540. The van der Waals surface area contributed by atoms with Crippen molar-refractivity contribution in [3.63, 3.8) is 0 Å². The molecular formula is C15H16BrNO2. The van der Waals surface area contributed by atoms with Gasteiger partial charge in [-0.1, -0.05) is 24.3 Å². The summed E-state index contributed by atoms with van der Waals surface area (Å²) in [7, 11) is 1.65. The molecule has 0 saturated heterocycles. The lowest BCUT2D eigenvalue weighted by Gasteiger charge is -2.10. The predicted octanol–water partition coefficient (Wildman–Crippen LogP) is 3.56. The lowest BCUT2D eigenvalue weighted by atomic mass is 10.1. The van der Waals surface area contributed by atoms with Gasteiger partial charge in [-0.15, -0.1) is 0 Å². The maximum atomic E-state index is 8.99. The van der Waals surface area contributed by atoms with Crippen LogP contribution in [-0.2, 0) is 13.2 Å². The minimum Gasteiger partial charge on any atom is -0.497 e. The lowest BCUT2D eigenvalue weighted by Crippen LogP contribution is -2.00. The van der Waals surface area contributed by atoms with E-state index < -0.39 is 0 Å². The van der Waals surface area contributed by atoms with Gasteiger partial charge >= 0.3 is 0 Å². The van der Waals surface area contributed by atoms with Crippen LogP contribution in [-0.4, -0.2) is 12.2 Å². The molecule has 19 heavy (non-hydrogen) atoms. The zero-order valence-electron chi connectivity index (χ0n) is 10.7. The molecule has 0 atom stereocenters. The molecule has 0 aliphatic carbocycles. The maximum Gasteiger partial charge on any atom is 0.121 e. The van der Waals surface area contributed by atoms with Crippen LogP contribution in [0.3, 0.4) is 0 Å². The van der Waals surface area contributed by atoms with Crippen molar-refractivity contribution in [1.29, 1.82) is 0 Å². The Morgan fingerprint density at radius 3 is 2.42 bits per heavy atom. The van der Waals surface area contributed by atoms with Gasteiger partial charge in [-0.05, 0) is 39.2 Å². The molecule has 0 bridgehead atoms. The molecule has 0 heterocycles. The van der Waals surface area contributed by atoms with E-state index >= 15 is 0 Å². The highest BCUT2D eigenvalue weighted by Gasteiger charge is 2.02. The van der Waals surface area contributed by atoms with Gasteiger partial charge in [0.15, 0.2) is 0 Å². The molecule has 0 unspecified atom stereocenters. The monoisotopic (exact) mass is 321 g/mol. The summed E-state index contributed by atoms with van der Waals surface area (Å²) >= 11 is 3.50. The van der Waals surface area contributed by atoms with Gasteiger partial charge < -0.3 is 15.2 Å². The van der Waals surface area contributed by atoms with Crippen molar-refractivity contribution in [2.24, 2.45) is 0 Å². The molecule has 100 valence electrons. The standard InChI is InChI=1S/C15H16BrNO2/c1-19-13-6-7-14(16)15(8-13)17-9-11-2-4-12(10-18)5-3-11/h2-8,17-18H,9-10H2,1H3. The Hall–Kier alpha value is -1.52. The van der Waals surface area contributed by atoms with Crippen LogP contribution in [0.4, 0.5) is 5.69 Å². The summed E-state index contributed by atoms with van der Waals surface area (Å²) in [5, 5.41) is 12.3. The number of anilines is 1. The van der Waals surface area contributed by atoms with Gasteiger partial charge in [0.2, 0.25) is 0 Å². The third-order valence-corrected chi connectivity index (χ3v) is 3.55. The van der Waals surface area contributed by atoms with Gasteiger partial charge in [-0.2, -0.15) is 0 Å². The second-order valence-corrected chi connectivity index (χ2v) is 5.03. The molecule has 3 nitrogen and oxygen atoms in total. The third-order valence-electron chi connectivity index (χ3n) is 2.86. The average molecular weight is 322 g/mol. The molecule has 0 radical (unpaired) electrons. The highest BCUT2D eigenvalue weighted by Crippen LogP contribution is 2.27. The highest BCUT2D eigenvalue weighted by atomic mass is 79.9. The number of nitrogens with one attached hydrogen (secondary N) is 1. The van der Waals surface area contributed by atoms with E-state index in [9.17, 15) is 0 Å². The van der Waals surface area contributed by atoms with Crippen LogP contribution >= 0.6 is 15.9 Å². The minimum atomic E-state index is 0.0785. The van der Waals surface area contributed by atoms with Crippen molar-refractivity contribution >= 4 is 21.6 Å². The van der Waals surface area contributed by atoms with E-state index in [1.165, 1.54) is 0 Å². The summed E-state index contributed by atoms with van der Waals surface area (Å²) in [4.78, 5) is 0. The number of hydrogen-bond donors (Lipinski definition) is 2. The Kier molecular flexibility index (Phi) is 4.82. The van der Waals surface area contributed by atoms with Crippen molar-refractivity contribution < 1.29 is 9.84 Å². The van der Waals surface area contributed by atoms with Crippen LogP contribution in [0.5, 0.6) is 5.75 Å². The second-order valence-electron chi connectivity index (χ2n) is 4.17. The van der Waals surface area contributed by atoms with Crippen LogP contribution in [0.15, 0.2) is 46.9 Å². The van der Waals surface area contributed by atoms with E-state index in [0.29, 0.717) is 0 Å². The Morgan fingerprint density at radius 2 is 1.79 bits per heavy atom. The molecule has 2 N–H and O–H groups in total. The zero-order valence-corrected chi connectivity index (χ0v) is 12.3. The Morgan fingerprint density at radius 1 is 1.11 bits per heavy atom. The van der Waals surface area contributed by atoms with Gasteiger partial charge in [0.25, 0.3) is 0 Å². The van der Waals surface area contributed by atoms with Crippen LogP contribution in [0, 0.1) is 0 Å². The first-order chi connectivity index (χ1) is 9.22. The molecule has 0 spiro atoms. The fourth-order valence-corrected chi connectivity index (χ4v) is 2.11. The number of halogens is 1. The van der Waals surface area contributed by atoms with E-state index in [-0.39, 0.29) is 6.61 Å². The topological polar surface area (TPSA) is 41.5 Å². The van der Waals surface area contributed by atoms with E-state index in [0.717, 1.165) is 33.6 Å². The number of hydrogen-bond acceptors (Lipinski definition) is 3. The number of rotatable bonds is 5. The molecule has 0 amide bonds. The van der Waals surface area contributed by atoms with Gasteiger partial charge in [0.05, 0.1) is 19.4 Å². The van der Waals surface area contributed by atoms with Crippen LogP contribution < -0.4 is 10.1 Å². The number of methoxy groups -OCH3 is 1. The first kappa shape index (κ1) is 13.9. The summed E-state index contributed by atoms with van der Waals surface area (Å²) in [6.45, 7) is 0.798. The Labute approximate surface area is 121 Å². The third kappa shape index (κ3) is 3.72. The average Bonchev–Trinajstić information content (AvgIpc) is 2.47. The number of aliphatic hydroxyl groups excluding tert-OH is 1. The lowest BCUT2D eigenvalue weighted by molar-refractivity contribution is 0.282. The smallest absolute Gasteiger partial charge is 0.121 e. The number of aliphatic hydroxyl groups is 1. The molecule has 2 aromatic rings. The summed E-state index contributed by atoms with van der Waals surface area (Å²) in [6.07, 6.45) is 0. The summed E-state index contributed by atoms with van der Waals surface area (Å²) in [5.74, 6) is 0.821. The predicted molar refractivity (Wildman–Crippen MR) is 80.4 cm³/mol. The molecule has 0 saturated carbocycles. The number of ether oxygens (including phenoxy) is 1. The van der Waals surface area contributed by atoms with E-state index in [1.807, 2.05) is 42.5 Å². The normalized spacial score (nSPS) is 10.3. The fourth-order valence-electron chi connectivity index (χ4n) is 1.73. The molecular weight excluding hydrogens is 306 g/mol. The first-order valence-corrected chi connectivity index (χ1v) is 6.78. The van der Waals surface area contributed by atoms with Gasteiger partial charge in [0, 0.05) is 17.1 Å². The fraction of sp³-hybridized carbons (Fsp3) is 0.200. The van der Waals surface area contributed by atoms with Crippen molar-refractivity contribution in [3.05, 3.63) is 58.1 Å². The molecule has 0 aromatic heterocycles. The van der Waals surface area contributed by atoms with E-state index in [1.54, 1.807) is 7.11 Å². The molecule has 4 heteroatoms. The van der Waals surface area contributed by atoms with Gasteiger partial charge in [-0.25, -0.2) is 0 Å². The minimum absolute atomic E-state index is 0.0785. The highest BCUT2D eigenvalue weighted by molar-refractivity contribution is 9.10. The van der Waals surface area contributed by atoms with Crippen LogP contribution in [0.25, 0.3) is 0 Å². The molecule has 2 rings (SSSR count). The molecule has 2 aromatic carbocycles. The van der Waals surface area contributed by atoms with Crippen molar-refractivity contribution in [3.8, 4) is 5.75 Å². The first-order valence-electron chi connectivity index (χ1n) is 5.99. The number of benzene rings is 2. The second kappa shape index (κ2) is 6.59. The molecule has 0 aliphatic heterocycles. The molecule has 0 aliphatic rings. The largest absolute Gasteiger partial charge is 0.497 e. The van der Waals surface area contributed by atoms with Crippen molar-refractivity contribution in [2.45, 2.75) is 13.2 Å². The van der Waals surface area contributed by atoms with Gasteiger partial charge in [-0.3, -0.25) is 0 Å². The van der Waals surface area contributed by atoms with E-state index in [4.69, 9.17) is 9.84 Å². The Balaban J connectivity index is 2.05. The van der Waals surface area contributed by atoms with Crippen LogP contribution in [0.2, 0.25) is 0 Å². The summed E-state index contributed by atoms with van der Waals surface area (Å²) in [6, 6.07) is 13.7. The SMILES string of the molecule is COc1ccc(Br)c(NCc2ccc(CO)cc2)c1. The van der Waals surface area contributed by atoms with Crippen molar-refractivity contribution in [1.82, 2.24) is 0 Å². The summed E-state index contributed by atoms with van der Waals surface area (Å²) < 4.78 is 6.20. The van der Waals surface area contributed by atoms with Crippen molar-refractivity contribution in [2.75, 3.05) is 12.4 Å². The zero-order chi connectivity index (χ0) is 13.7. The van der Waals surface area contributed by atoms with Crippen LogP contribution in [0.1, 0.15) is 11.1 Å². The quantitative estimate of drug-likeness (QED) is 0.884. The van der Waals surface area contributed by atoms with E-state index in [2.05, 4.69) is 21.2 Å². The summed E-state index contributed by atoms with van der Waals surface area (Å²) in [5.41, 5.74) is 3.07.